The predicted molar refractivity (Wildman–Crippen MR) is 29.2 cm³/mol. The summed E-state index contributed by atoms with van der Waals surface area (Å²) in [5.74, 6) is -11.5. The second kappa shape index (κ2) is 3.26. The number of aliphatic carboxylic acids is 1. The molecule has 0 aromatic heterocycles. The van der Waals surface area contributed by atoms with Crippen LogP contribution in [0, 0.1) is 0 Å². The van der Waals surface area contributed by atoms with Gasteiger partial charge in [-0.25, -0.2) is 0 Å². The number of carboxylic acid groups (broad SMARTS) is 1. The van der Waals surface area contributed by atoms with Crippen molar-refractivity contribution < 1.29 is 32.6 Å². The van der Waals surface area contributed by atoms with Crippen molar-refractivity contribution in [2.24, 2.45) is 0 Å². The Balaban J connectivity index is 4.48. The van der Waals surface area contributed by atoms with Crippen LogP contribution in [-0.2, 0) is 4.79 Å². The van der Waals surface area contributed by atoms with Gasteiger partial charge in [0.1, 0.15) is 13.0 Å². The predicted octanol–water partition coefficient (Wildman–Crippen LogP) is 0.724. The van der Waals surface area contributed by atoms with Crippen LogP contribution in [0.3, 0.4) is 0 Å². The van der Waals surface area contributed by atoms with Crippen molar-refractivity contribution >= 4 is 5.97 Å². The highest BCUT2D eigenvalue weighted by Gasteiger charge is 2.56. The zero-order valence-corrected chi connectivity index (χ0v) is 5.73. The van der Waals surface area contributed by atoms with E-state index in [-0.39, 0.29) is 0 Å². The van der Waals surface area contributed by atoms with E-state index in [4.69, 9.17) is 10.2 Å². The molecule has 0 aromatic carbocycles. The second-order valence-corrected chi connectivity index (χ2v) is 2.14. The molecule has 0 unspecified atom stereocenters. The van der Waals surface area contributed by atoms with Crippen molar-refractivity contribution in [1.29, 1.82) is 0 Å². The lowest BCUT2D eigenvalue weighted by Gasteiger charge is -2.22. The minimum atomic E-state index is -4.71. The molecule has 0 heterocycles. The van der Waals surface area contributed by atoms with E-state index < -0.39 is 30.8 Å². The van der Waals surface area contributed by atoms with E-state index in [2.05, 4.69) is 0 Å². The van der Waals surface area contributed by atoms with E-state index in [1.54, 1.807) is 0 Å². The lowest BCUT2D eigenvalue weighted by Crippen LogP contribution is -2.44. The van der Waals surface area contributed by atoms with Gasteiger partial charge in [-0.05, 0) is 0 Å². The molecule has 0 aliphatic heterocycles. The van der Waals surface area contributed by atoms with Crippen molar-refractivity contribution in [3.8, 4) is 0 Å². The molecular weight excluding hydrogens is 184 g/mol. The van der Waals surface area contributed by atoms with Gasteiger partial charge in [-0.3, -0.25) is 4.79 Å². The Bertz CT molecular complexity index is 180. The highest BCUT2D eigenvalue weighted by atomic mass is 19.3. The molecule has 12 heavy (non-hydrogen) atoms. The fourth-order valence-electron chi connectivity index (χ4n) is 0.435. The molecule has 72 valence electrons. The summed E-state index contributed by atoms with van der Waals surface area (Å²) in [7, 11) is 0. The van der Waals surface area contributed by atoms with Gasteiger partial charge >= 0.3 is 17.8 Å². The van der Waals surface area contributed by atoms with Crippen LogP contribution in [-0.4, -0.2) is 34.6 Å². The summed E-state index contributed by atoms with van der Waals surface area (Å²) in [6.07, 6.45) is -2.00. The molecule has 0 saturated heterocycles. The summed E-state index contributed by atoms with van der Waals surface area (Å²) < 4.78 is 48.4. The van der Waals surface area contributed by atoms with Gasteiger partial charge in [0.15, 0.2) is 0 Å². The molecule has 0 fully saturated rings. The van der Waals surface area contributed by atoms with Crippen LogP contribution in [0.5, 0.6) is 0 Å². The minimum absolute atomic E-state index is 2.00. The van der Waals surface area contributed by atoms with Crippen molar-refractivity contribution in [2.75, 3.05) is 6.61 Å². The molecule has 0 spiro atoms. The number of aliphatic hydroxyl groups is 1. The number of carboxylic acids is 1. The highest BCUT2D eigenvalue weighted by molar-refractivity contribution is 5.68. The maximum absolute atomic E-state index is 12.2. The van der Waals surface area contributed by atoms with Gasteiger partial charge in [0.25, 0.3) is 0 Å². The summed E-state index contributed by atoms with van der Waals surface area (Å²) in [5, 5.41) is 15.6. The third-order valence-electron chi connectivity index (χ3n) is 1.11. The number of hydrogen-bond acceptors (Lipinski definition) is 2. The van der Waals surface area contributed by atoms with Gasteiger partial charge in [-0.15, -0.1) is 0 Å². The van der Waals surface area contributed by atoms with Crippen LogP contribution >= 0.6 is 0 Å². The van der Waals surface area contributed by atoms with Gasteiger partial charge in [0.05, 0.1) is 0 Å². The maximum atomic E-state index is 12.2. The van der Waals surface area contributed by atoms with Crippen LogP contribution < -0.4 is 0 Å². The van der Waals surface area contributed by atoms with E-state index in [0.717, 1.165) is 0 Å². The summed E-state index contributed by atoms with van der Waals surface area (Å²) in [6.45, 7) is -2.08. The number of halogens is 4. The molecule has 0 radical (unpaired) electrons. The molecular formula is C5H6F4O3. The van der Waals surface area contributed by atoms with Crippen LogP contribution in [0.1, 0.15) is 6.42 Å². The fraction of sp³-hybridized carbons (Fsp3) is 0.800. The molecule has 0 bridgehead atoms. The number of alkyl halides is 4. The normalized spacial score (nSPS) is 13.1. The van der Waals surface area contributed by atoms with Crippen LogP contribution in [0.25, 0.3) is 0 Å². The lowest BCUT2D eigenvalue weighted by molar-refractivity contribution is -0.229. The largest absolute Gasteiger partial charge is 0.481 e. The Labute approximate surface area is 64.6 Å². The van der Waals surface area contributed by atoms with Gasteiger partial charge in [-0.2, -0.15) is 17.6 Å². The lowest BCUT2D eigenvalue weighted by atomic mass is 10.1. The first kappa shape index (κ1) is 11.2. The Hall–Kier alpha value is -0.850. The Morgan fingerprint density at radius 3 is 1.83 bits per heavy atom. The summed E-state index contributed by atoms with van der Waals surface area (Å²) in [5.41, 5.74) is 0. The number of rotatable bonds is 4. The zero-order chi connectivity index (χ0) is 9.99. The average molecular weight is 190 g/mol. The highest BCUT2D eigenvalue weighted by Crippen LogP contribution is 2.36. The number of carbonyl (C=O) groups is 1. The van der Waals surface area contributed by atoms with E-state index >= 15 is 0 Å². The van der Waals surface area contributed by atoms with E-state index in [1.165, 1.54) is 0 Å². The molecule has 2 N–H and O–H groups in total. The molecule has 0 saturated carbocycles. The quantitative estimate of drug-likeness (QED) is 0.642. The minimum Gasteiger partial charge on any atom is -0.481 e. The molecule has 0 atom stereocenters. The average Bonchev–Trinajstić information content (AvgIpc) is 1.84. The molecule has 0 aliphatic rings. The summed E-state index contributed by atoms with van der Waals surface area (Å²) >= 11 is 0. The molecule has 7 heteroatoms. The van der Waals surface area contributed by atoms with Crippen LogP contribution in [0.15, 0.2) is 0 Å². The van der Waals surface area contributed by atoms with Gasteiger partial charge < -0.3 is 10.2 Å². The third kappa shape index (κ3) is 2.33. The smallest absolute Gasteiger partial charge is 0.333 e. The Morgan fingerprint density at radius 2 is 1.58 bits per heavy atom. The first-order valence-electron chi connectivity index (χ1n) is 2.81. The molecule has 0 aliphatic carbocycles. The van der Waals surface area contributed by atoms with E-state index in [0.29, 0.717) is 0 Å². The van der Waals surface area contributed by atoms with E-state index in [1.807, 2.05) is 0 Å². The summed E-state index contributed by atoms with van der Waals surface area (Å²) in [4.78, 5) is 9.68. The second-order valence-electron chi connectivity index (χ2n) is 2.14. The van der Waals surface area contributed by atoms with Crippen LogP contribution in [0.4, 0.5) is 17.6 Å². The van der Waals surface area contributed by atoms with Crippen molar-refractivity contribution in [3.63, 3.8) is 0 Å². The number of hydrogen-bond donors (Lipinski definition) is 2. The van der Waals surface area contributed by atoms with Crippen molar-refractivity contribution in [1.82, 2.24) is 0 Å². The fourth-order valence-corrected chi connectivity index (χ4v) is 0.435. The van der Waals surface area contributed by atoms with E-state index in [9.17, 15) is 22.4 Å². The first-order valence-corrected chi connectivity index (χ1v) is 2.81. The standard InChI is InChI=1S/C5H6F4O3/c6-4(7,1-3(11)12)5(8,9)2-10/h10H,1-2H2,(H,11,12). The molecule has 0 amide bonds. The van der Waals surface area contributed by atoms with Crippen molar-refractivity contribution in [2.45, 2.75) is 18.3 Å². The Kier molecular flexibility index (Phi) is 3.03. The molecule has 0 aromatic rings. The van der Waals surface area contributed by atoms with Crippen LogP contribution in [0.2, 0.25) is 0 Å². The topological polar surface area (TPSA) is 57.5 Å². The molecule has 3 nitrogen and oxygen atoms in total. The SMILES string of the molecule is O=C(O)CC(F)(F)C(F)(F)CO. The van der Waals surface area contributed by atoms with Gasteiger partial charge in [0.2, 0.25) is 0 Å². The Morgan fingerprint density at radius 1 is 1.17 bits per heavy atom. The molecule has 0 rings (SSSR count). The van der Waals surface area contributed by atoms with Crippen molar-refractivity contribution in [3.05, 3.63) is 0 Å². The van der Waals surface area contributed by atoms with Gasteiger partial charge in [0, 0.05) is 0 Å². The maximum Gasteiger partial charge on any atom is 0.333 e. The summed E-state index contributed by atoms with van der Waals surface area (Å²) in [6, 6.07) is 0. The monoisotopic (exact) mass is 190 g/mol. The first-order chi connectivity index (χ1) is 5.23. The third-order valence-corrected chi connectivity index (χ3v) is 1.11. The zero-order valence-electron chi connectivity index (χ0n) is 5.73. The number of aliphatic hydroxyl groups excluding tert-OH is 1. The van der Waals surface area contributed by atoms with Gasteiger partial charge in [-0.1, -0.05) is 0 Å².